The quantitative estimate of drug-likeness (QED) is 0.159. The van der Waals surface area contributed by atoms with Crippen molar-refractivity contribution in [2.24, 2.45) is 0 Å². The van der Waals surface area contributed by atoms with Gasteiger partial charge in [-0.3, -0.25) is 0 Å². The van der Waals surface area contributed by atoms with E-state index in [1.807, 2.05) is 24.3 Å². The second-order valence-electron chi connectivity index (χ2n) is 25.3. The summed E-state index contributed by atoms with van der Waals surface area (Å²) in [6.45, 7) is 9.34. The second kappa shape index (κ2) is 23.4. The first-order valence-electron chi connectivity index (χ1n) is 31.4. The molecule has 444 valence electrons. The molecule has 18 rings (SSSR count). The molecule has 4 heteroatoms. The number of hydrogen-bond acceptors (Lipinski definition) is 3. The standard InChI is InChI=1S/C43H31NO.C25H18O.C19H15Br.CH4/c1-43(2)38-17-9-6-15-34(38)36-25-29-20-21-31(24-30(29)26-39(36)43)44(40-18-10-7-14-33(40)28-12-4-3-5-13-28)32-22-23-42-37(27-32)35-16-8-11-19-41(35)45-42;1-2-8-19(9-3-1)21-11-5-4-10-20(21)16-18-14-15-25-23(17-18)22-12-6-7-13-24(22)26-25;1-19(2)17-6-4-3-5-15(17)16-10-12-7-8-14(20)9-13(12)11-18(16)19;/h3-27H,1-2H3;1-15,17H,16H2;3-11H,1-2H3;1H4. The lowest BCUT2D eigenvalue weighted by atomic mass is 9.82. The zero-order chi connectivity index (χ0) is 61.4. The van der Waals surface area contributed by atoms with Gasteiger partial charge in [-0.1, -0.05) is 257 Å². The van der Waals surface area contributed by atoms with Crippen LogP contribution in [0.2, 0.25) is 0 Å². The van der Waals surface area contributed by atoms with Crippen molar-refractivity contribution < 1.29 is 8.83 Å². The zero-order valence-electron chi connectivity index (χ0n) is 51.2. The molecule has 0 N–H and O–H groups in total. The summed E-state index contributed by atoms with van der Waals surface area (Å²) in [5.41, 5.74) is 25.8. The maximum atomic E-state index is 6.22. The van der Waals surface area contributed by atoms with E-state index in [9.17, 15) is 0 Å². The van der Waals surface area contributed by atoms with Crippen molar-refractivity contribution in [3.63, 3.8) is 0 Å². The number of nitrogens with zero attached hydrogens (tertiary/aromatic N) is 1. The van der Waals surface area contributed by atoms with Gasteiger partial charge < -0.3 is 13.7 Å². The molecule has 0 unspecified atom stereocenters. The van der Waals surface area contributed by atoms with E-state index < -0.39 is 0 Å². The van der Waals surface area contributed by atoms with Crippen LogP contribution >= 0.6 is 15.9 Å². The first-order valence-corrected chi connectivity index (χ1v) is 32.2. The van der Waals surface area contributed by atoms with E-state index in [4.69, 9.17) is 8.83 Å². The minimum absolute atomic E-state index is 0. The molecule has 2 heterocycles. The largest absolute Gasteiger partial charge is 0.456 e. The molecule has 0 bridgehead atoms. The highest BCUT2D eigenvalue weighted by molar-refractivity contribution is 9.10. The highest BCUT2D eigenvalue weighted by Crippen LogP contribution is 2.52. The number of halogens is 1. The number of fused-ring (bicyclic) bond motifs is 14. The summed E-state index contributed by atoms with van der Waals surface area (Å²) in [4.78, 5) is 2.40. The van der Waals surface area contributed by atoms with Crippen LogP contribution in [0.1, 0.15) is 68.5 Å². The van der Waals surface area contributed by atoms with Gasteiger partial charge in [-0.2, -0.15) is 0 Å². The summed E-state index contributed by atoms with van der Waals surface area (Å²) < 4.78 is 13.3. The maximum absolute atomic E-state index is 6.22. The third-order valence-electron chi connectivity index (χ3n) is 19.1. The van der Waals surface area contributed by atoms with Crippen LogP contribution in [0, 0.1) is 0 Å². The molecule has 0 atom stereocenters. The Morgan fingerprint density at radius 3 is 1.38 bits per heavy atom. The Bertz CT molecular complexity index is 5480. The number of rotatable bonds is 7. The number of benzene rings is 14. The van der Waals surface area contributed by atoms with Gasteiger partial charge >= 0.3 is 0 Å². The van der Waals surface area contributed by atoms with Gasteiger partial charge in [0.05, 0.1) is 5.69 Å². The Morgan fingerprint density at radius 2 is 0.761 bits per heavy atom. The summed E-state index contributed by atoms with van der Waals surface area (Å²) in [7, 11) is 0. The monoisotopic (exact) mass is 1250 g/mol. The smallest absolute Gasteiger partial charge is 0.135 e. The van der Waals surface area contributed by atoms with Crippen LogP contribution in [0.3, 0.4) is 0 Å². The van der Waals surface area contributed by atoms with E-state index in [0.717, 1.165) is 61.1 Å². The van der Waals surface area contributed by atoms with Gasteiger partial charge in [0.1, 0.15) is 22.3 Å². The second-order valence-corrected chi connectivity index (χ2v) is 26.2. The number of hydrogen-bond donors (Lipinski definition) is 0. The SMILES string of the molecule is C.CC1(C)c2ccccc2-c2cc3ccc(Br)cc3cc21.CC1(C)c2ccccc2-c2cc3ccc(N(c4ccc5oc6ccccc6c5c4)c4ccccc4-c4ccccc4)cc3cc21.c1ccc(-c2ccccc2Cc2ccc3oc4ccccc4c3c2)cc1. The third-order valence-corrected chi connectivity index (χ3v) is 19.6. The number of anilines is 3. The molecule has 2 aliphatic carbocycles. The van der Waals surface area contributed by atoms with Gasteiger partial charge in [-0.15, -0.1) is 0 Å². The molecular formula is C88H68BrNO2. The molecule has 2 aliphatic rings. The van der Waals surface area contributed by atoms with Crippen LogP contribution in [-0.2, 0) is 17.3 Å². The van der Waals surface area contributed by atoms with Crippen LogP contribution in [0.4, 0.5) is 17.1 Å². The van der Waals surface area contributed by atoms with E-state index >= 15 is 0 Å². The van der Waals surface area contributed by atoms with Crippen molar-refractivity contribution in [2.45, 2.75) is 52.4 Å². The van der Waals surface area contributed by atoms with Gasteiger partial charge in [-0.25, -0.2) is 0 Å². The summed E-state index contributed by atoms with van der Waals surface area (Å²) in [6, 6.07) is 109. The predicted octanol–water partition coefficient (Wildman–Crippen LogP) is 25.6. The summed E-state index contributed by atoms with van der Waals surface area (Å²) in [6.07, 6.45) is 0.903. The molecular weight excluding hydrogens is 1180 g/mol. The van der Waals surface area contributed by atoms with Crippen molar-refractivity contribution in [2.75, 3.05) is 4.90 Å². The fraction of sp³-hybridized carbons (Fsp3) is 0.0909. The lowest BCUT2D eigenvalue weighted by Crippen LogP contribution is -2.15. The van der Waals surface area contributed by atoms with Gasteiger partial charge in [0.15, 0.2) is 0 Å². The van der Waals surface area contributed by atoms with Gasteiger partial charge in [0.2, 0.25) is 0 Å². The molecule has 0 aliphatic heterocycles. The van der Waals surface area contributed by atoms with E-state index in [-0.39, 0.29) is 18.3 Å². The maximum Gasteiger partial charge on any atom is 0.135 e. The Kier molecular flexibility index (Phi) is 14.7. The third kappa shape index (κ3) is 10.2. The van der Waals surface area contributed by atoms with Crippen molar-refractivity contribution in [1.29, 1.82) is 0 Å². The first kappa shape index (κ1) is 57.9. The summed E-state index contributed by atoms with van der Waals surface area (Å²) >= 11 is 3.57. The van der Waals surface area contributed by atoms with Crippen molar-refractivity contribution >= 4 is 98.4 Å². The number of furan rings is 2. The summed E-state index contributed by atoms with van der Waals surface area (Å²) in [5, 5.41) is 9.71. The molecule has 0 saturated heterocycles. The number of para-hydroxylation sites is 3. The van der Waals surface area contributed by atoms with Crippen LogP contribution in [0.25, 0.3) is 110 Å². The van der Waals surface area contributed by atoms with E-state index in [2.05, 4.69) is 328 Å². The van der Waals surface area contributed by atoms with E-state index in [1.54, 1.807) is 0 Å². The lowest BCUT2D eigenvalue weighted by molar-refractivity contribution is 0.661. The Hall–Kier alpha value is -10.5. The molecule has 0 spiro atoms. The first-order chi connectivity index (χ1) is 44.5. The average Bonchev–Trinajstić information content (AvgIpc) is 1.57. The van der Waals surface area contributed by atoms with E-state index in [0.29, 0.717) is 0 Å². The molecule has 92 heavy (non-hydrogen) atoms. The van der Waals surface area contributed by atoms with Crippen molar-refractivity contribution in [3.8, 4) is 44.5 Å². The van der Waals surface area contributed by atoms with E-state index in [1.165, 1.54) is 110 Å². The van der Waals surface area contributed by atoms with Gasteiger partial charge in [-0.05, 0) is 197 Å². The molecule has 16 aromatic rings. The highest BCUT2D eigenvalue weighted by Gasteiger charge is 2.37. The van der Waals surface area contributed by atoms with Gasteiger partial charge in [0, 0.05) is 53.8 Å². The Balaban J connectivity index is 0.000000126. The van der Waals surface area contributed by atoms with Crippen LogP contribution in [0.15, 0.2) is 317 Å². The topological polar surface area (TPSA) is 29.5 Å². The molecule has 2 aromatic heterocycles. The summed E-state index contributed by atoms with van der Waals surface area (Å²) in [5.74, 6) is 0. The van der Waals surface area contributed by atoms with Crippen molar-refractivity contribution in [1.82, 2.24) is 0 Å². The molecule has 0 fully saturated rings. The predicted molar refractivity (Wildman–Crippen MR) is 393 cm³/mol. The molecule has 0 amide bonds. The van der Waals surface area contributed by atoms with Crippen LogP contribution in [0.5, 0.6) is 0 Å². The highest BCUT2D eigenvalue weighted by atomic mass is 79.9. The fourth-order valence-corrected chi connectivity index (χ4v) is 14.9. The average molecular weight is 1250 g/mol. The fourth-order valence-electron chi connectivity index (χ4n) is 14.5. The minimum atomic E-state index is -0.0525. The van der Waals surface area contributed by atoms with Crippen molar-refractivity contribution in [3.05, 3.63) is 341 Å². The zero-order valence-corrected chi connectivity index (χ0v) is 52.8. The van der Waals surface area contributed by atoms with Gasteiger partial charge in [0.25, 0.3) is 0 Å². The Morgan fingerprint density at radius 1 is 0.315 bits per heavy atom. The minimum Gasteiger partial charge on any atom is -0.456 e. The molecule has 3 nitrogen and oxygen atoms in total. The molecule has 0 radical (unpaired) electrons. The lowest BCUT2D eigenvalue weighted by Gasteiger charge is -2.28. The van der Waals surface area contributed by atoms with Crippen LogP contribution in [-0.4, -0.2) is 0 Å². The molecule has 0 saturated carbocycles. The van der Waals surface area contributed by atoms with Crippen LogP contribution < -0.4 is 4.90 Å². The molecule has 14 aromatic carbocycles. The normalized spacial score (nSPS) is 13.0. The Labute approximate surface area is 546 Å².